The molecule has 4 heteroatoms. The molecule has 0 unspecified atom stereocenters. The first-order valence-corrected chi connectivity index (χ1v) is 5.85. The van der Waals surface area contributed by atoms with E-state index in [2.05, 4.69) is 0 Å². The van der Waals surface area contributed by atoms with Gasteiger partial charge in [0, 0.05) is 0 Å². The summed E-state index contributed by atoms with van der Waals surface area (Å²) in [4.78, 5) is 0. The second-order valence-corrected chi connectivity index (χ2v) is 4.15. The van der Waals surface area contributed by atoms with Crippen LogP contribution in [0.15, 0.2) is 54.6 Å². The first-order valence-electron chi connectivity index (χ1n) is 5.85. The predicted octanol–water partition coefficient (Wildman–Crippen LogP) is 2.85. The summed E-state index contributed by atoms with van der Waals surface area (Å²) in [7, 11) is 1.61. The van der Waals surface area contributed by atoms with Crippen LogP contribution < -0.4 is 10.5 Å². The molecular weight excluding hydrogens is 262 g/mol. The highest BCUT2D eigenvalue weighted by atomic mass is 35.5. The molecule has 0 fully saturated rings. The van der Waals surface area contributed by atoms with Gasteiger partial charge in [-0.1, -0.05) is 42.5 Å². The Morgan fingerprint density at radius 2 is 1.53 bits per heavy atom. The monoisotopic (exact) mass is 279 g/mol. The van der Waals surface area contributed by atoms with E-state index in [-0.39, 0.29) is 12.4 Å². The Morgan fingerprint density at radius 3 is 2.05 bits per heavy atom. The van der Waals surface area contributed by atoms with Crippen LogP contribution in [0.1, 0.15) is 23.3 Å². The topological polar surface area (TPSA) is 55.5 Å². The molecule has 0 aliphatic heterocycles. The number of hydrogen-bond donors (Lipinski definition) is 2. The Bertz CT molecular complexity index is 487. The minimum atomic E-state index is -0.724. The van der Waals surface area contributed by atoms with Gasteiger partial charge >= 0.3 is 0 Å². The number of aliphatic hydroxyl groups excluding tert-OH is 1. The third-order valence-electron chi connectivity index (χ3n) is 2.98. The molecule has 0 amide bonds. The first-order chi connectivity index (χ1) is 8.72. The van der Waals surface area contributed by atoms with E-state index < -0.39 is 12.1 Å². The van der Waals surface area contributed by atoms with E-state index in [4.69, 9.17) is 10.5 Å². The zero-order valence-electron chi connectivity index (χ0n) is 10.7. The van der Waals surface area contributed by atoms with Gasteiger partial charge in [-0.05, 0) is 23.3 Å². The predicted molar refractivity (Wildman–Crippen MR) is 78.6 cm³/mol. The molecule has 2 aromatic rings. The molecule has 0 saturated carbocycles. The molecule has 102 valence electrons. The van der Waals surface area contributed by atoms with Crippen molar-refractivity contribution in [2.75, 3.05) is 7.11 Å². The second kappa shape index (κ2) is 7.14. The highest BCUT2D eigenvalue weighted by Gasteiger charge is 2.18. The Kier molecular flexibility index (Phi) is 5.83. The summed E-state index contributed by atoms with van der Waals surface area (Å²) in [6, 6.07) is 16.4. The number of halogens is 1. The van der Waals surface area contributed by atoms with Gasteiger partial charge in [0.15, 0.2) is 0 Å². The summed E-state index contributed by atoms with van der Waals surface area (Å²) in [5.41, 5.74) is 7.76. The third-order valence-corrected chi connectivity index (χ3v) is 2.98. The molecule has 2 atom stereocenters. The molecule has 0 aromatic heterocycles. The minimum absolute atomic E-state index is 0. The van der Waals surface area contributed by atoms with E-state index in [0.29, 0.717) is 0 Å². The molecule has 0 radical (unpaired) electrons. The van der Waals surface area contributed by atoms with Gasteiger partial charge in [0.1, 0.15) is 5.75 Å². The second-order valence-electron chi connectivity index (χ2n) is 4.15. The van der Waals surface area contributed by atoms with Crippen LogP contribution in [0.25, 0.3) is 0 Å². The molecule has 3 nitrogen and oxygen atoms in total. The highest BCUT2D eigenvalue weighted by Crippen LogP contribution is 2.27. The van der Waals surface area contributed by atoms with Gasteiger partial charge in [-0.25, -0.2) is 0 Å². The van der Waals surface area contributed by atoms with Gasteiger partial charge in [-0.2, -0.15) is 0 Å². The van der Waals surface area contributed by atoms with Crippen molar-refractivity contribution in [3.8, 4) is 5.75 Å². The van der Waals surface area contributed by atoms with Crippen molar-refractivity contribution in [1.82, 2.24) is 0 Å². The number of benzene rings is 2. The maximum Gasteiger partial charge on any atom is 0.118 e. The summed E-state index contributed by atoms with van der Waals surface area (Å²) in [5, 5.41) is 10.2. The molecule has 2 aromatic carbocycles. The largest absolute Gasteiger partial charge is 0.497 e. The van der Waals surface area contributed by atoms with Crippen LogP contribution in [-0.4, -0.2) is 12.2 Å². The highest BCUT2D eigenvalue weighted by molar-refractivity contribution is 5.85. The maximum absolute atomic E-state index is 10.2. The fourth-order valence-electron chi connectivity index (χ4n) is 1.87. The summed E-state index contributed by atoms with van der Waals surface area (Å²) < 4.78 is 5.08. The average molecular weight is 280 g/mol. The van der Waals surface area contributed by atoms with Crippen LogP contribution in [0.2, 0.25) is 0 Å². The normalized spacial score (nSPS) is 13.2. The lowest BCUT2D eigenvalue weighted by molar-refractivity contribution is 0.147. The van der Waals surface area contributed by atoms with Crippen LogP contribution in [-0.2, 0) is 0 Å². The number of hydrogen-bond acceptors (Lipinski definition) is 3. The van der Waals surface area contributed by atoms with Gasteiger partial charge in [-0.3, -0.25) is 0 Å². The Labute approximate surface area is 119 Å². The van der Waals surface area contributed by atoms with Crippen LogP contribution in [0.5, 0.6) is 5.75 Å². The average Bonchev–Trinajstić information content (AvgIpc) is 2.47. The van der Waals surface area contributed by atoms with Crippen molar-refractivity contribution in [3.63, 3.8) is 0 Å². The van der Waals surface area contributed by atoms with E-state index >= 15 is 0 Å². The fourth-order valence-corrected chi connectivity index (χ4v) is 1.87. The molecule has 0 aliphatic carbocycles. The van der Waals surface area contributed by atoms with Gasteiger partial charge in [0.25, 0.3) is 0 Å². The standard InChI is InChI=1S/C15H17NO2.ClH/c1-18-13-9-7-12(8-10-13)15(17)14(16)11-5-3-2-4-6-11;/h2-10,14-15,17H,16H2,1H3;1H/t14-,15+;/m0./s1. The molecule has 3 N–H and O–H groups in total. The zero-order valence-corrected chi connectivity index (χ0v) is 11.5. The van der Waals surface area contributed by atoms with Crippen molar-refractivity contribution in [3.05, 3.63) is 65.7 Å². The molecule has 0 spiro atoms. The van der Waals surface area contributed by atoms with Crippen LogP contribution >= 0.6 is 12.4 Å². The van der Waals surface area contributed by atoms with E-state index in [1.165, 1.54) is 0 Å². The van der Waals surface area contributed by atoms with Crippen molar-refractivity contribution in [2.45, 2.75) is 12.1 Å². The van der Waals surface area contributed by atoms with E-state index in [1.54, 1.807) is 7.11 Å². The number of nitrogens with two attached hydrogens (primary N) is 1. The molecule has 19 heavy (non-hydrogen) atoms. The van der Waals surface area contributed by atoms with E-state index in [0.717, 1.165) is 16.9 Å². The lowest BCUT2D eigenvalue weighted by Gasteiger charge is -2.19. The molecule has 2 rings (SSSR count). The smallest absolute Gasteiger partial charge is 0.118 e. The Hall–Kier alpha value is -1.55. The lowest BCUT2D eigenvalue weighted by Crippen LogP contribution is -2.19. The van der Waals surface area contributed by atoms with E-state index in [1.807, 2.05) is 54.6 Å². The molecule has 0 saturated heterocycles. The lowest BCUT2D eigenvalue weighted by atomic mass is 9.97. The first kappa shape index (κ1) is 15.5. The summed E-state index contributed by atoms with van der Waals surface area (Å²) in [6.45, 7) is 0. The summed E-state index contributed by atoms with van der Waals surface area (Å²) in [5.74, 6) is 0.763. The Balaban J connectivity index is 0.00000180. The minimum Gasteiger partial charge on any atom is -0.497 e. The van der Waals surface area contributed by atoms with Crippen molar-refractivity contribution >= 4 is 12.4 Å². The zero-order chi connectivity index (χ0) is 13.0. The number of ether oxygens (including phenoxy) is 1. The molecule has 0 aliphatic rings. The number of methoxy groups -OCH3 is 1. The molecule has 0 bridgehead atoms. The quantitative estimate of drug-likeness (QED) is 0.905. The SMILES string of the molecule is COc1ccc([C@@H](O)[C@@H](N)c2ccccc2)cc1.Cl. The summed E-state index contributed by atoms with van der Waals surface area (Å²) in [6.07, 6.45) is -0.724. The van der Waals surface area contributed by atoms with Crippen LogP contribution in [0, 0.1) is 0 Å². The van der Waals surface area contributed by atoms with Crippen molar-refractivity contribution in [2.24, 2.45) is 5.73 Å². The maximum atomic E-state index is 10.2. The van der Waals surface area contributed by atoms with Crippen molar-refractivity contribution in [1.29, 1.82) is 0 Å². The van der Waals surface area contributed by atoms with Gasteiger partial charge < -0.3 is 15.6 Å². The number of rotatable bonds is 4. The molecule has 0 heterocycles. The van der Waals surface area contributed by atoms with Crippen LogP contribution in [0.4, 0.5) is 0 Å². The fraction of sp³-hybridized carbons (Fsp3) is 0.200. The molecular formula is C15H18ClNO2. The summed E-state index contributed by atoms with van der Waals surface area (Å²) >= 11 is 0. The third kappa shape index (κ3) is 3.70. The Morgan fingerprint density at radius 1 is 0.947 bits per heavy atom. The van der Waals surface area contributed by atoms with Gasteiger partial charge in [0.2, 0.25) is 0 Å². The van der Waals surface area contributed by atoms with Crippen LogP contribution in [0.3, 0.4) is 0 Å². The van der Waals surface area contributed by atoms with Crippen molar-refractivity contribution < 1.29 is 9.84 Å². The van der Waals surface area contributed by atoms with Gasteiger partial charge in [-0.15, -0.1) is 12.4 Å². The van der Waals surface area contributed by atoms with Gasteiger partial charge in [0.05, 0.1) is 19.3 Å². The van der Waals surface area contributed by atoms with E-state index in [9.17, 15) is 5.11 Å². The number of aliphatic hydroxyl groups is 1.